The molecule has 3 aromatic rings. The summed E-state index contributed by atoms with van der Waals surface area (Å²) in [6.45, 7) is 3.79. The molecule has 0 bridgehead atoms. The predicted molar refractivity (Wildman–Crippen MR) is 83.9 cm³/mol. The van der Waals surface area contributed by atoms with Gasteiger partial charge < -0.3 is 4.74 Å². The van der Waals surface area contributed by atoms with Crippen molar-refractivity contribution in [3.8, 4) is 16.5 Å². The van der Waals surface area contributed by atoms with Gasteiger partial charge in [-0.15, -0.1) is 11.3 Å². The standard InChI is InChI=1S/C16H13F3N2OS/c1-8-5-12(15-21-13(7-23-15)16(17,18)19)20-14-9(2)4-10(22-3)6-11(8)14/h4-7H,1-3H3. The summed E-state index contributed by atoms with van der Waals surface area (Å²) in [6, 6.07) is 5.47. The van der Waals surface area contributed by atoms with Crippen molar-refractivity contribution in [2.75, 3.05) is 7.11 Å². The van der Waals surface area contributed by atoms with Gasteiger partial charge in [-0.1, -0.05) is 0 Å². The average Bonchev–Trinajstić information content (AvgIpc) is 2.97. The monoisotopic (exact) mass is 338 g/mol. The van der Waals surface area contributed by atoms with E-state index in [1.165, 1.54) is 0 Å². The molecule has 0 atom stereocenters. The van der Waals surface area contributed by atoms with Crippen LogP contribution < -0.4 is 4.74 Å². The second kappa shape index (κ2) is 5.49. The zero-order chi connectivity index (χ0) is 16.8. The van der Waals surface area contributed by atoms with E-state index in [4.69, 9.17) is 4.74 Å². The third-order valence-electron chi connectivity index (χ3n) is 3.53. The van der Waals surface area contributed by atoms with Crippen LogP contribution in [0.15, 0.2) is 23.6 Å². The lowest BCUT2D eigenvalue weighted by Crippen LogP contribution is -2.05. The van der Waals surface area contributed by atoms with Crippen molar-refractivity contribution in [2.24, 2.45) is 0 Å². The van der Waals surface area contributed by atoms with Gasteiger partial charge in [0.05, 0.1) is 18.3 Å². The van der Waals surface area contributed by atoms with Gasteiger partial charge in [-0.25, -0.2) is 9.97 Å². The molecule has 120 valence electrons. The summed E-state index contributed by atoms with van der Waals surface area (Å²) < 4.78 is 43.4. The maximum absolute atomic E-state index is 12.7. The number of aryl methyl sites for hydroxylation is 2. The molecule has 0 unspecified atom stereocenters. The Bertz CT molecular complexity index is 887. The van der Waals surface area contributed by atoms with E-state index < -0.39 is 11.9 Å². The number of rotatable bonds is 2. The zero-order valence-electron chi connectivity index (χ0n) is 12.7. The Morgan fingerprint density at radius 3 is 2.39 bits per heavy atom. The van der Waals surface area contributed by atoms with E-state index in [2.05, 4.69) is 9.97 Å². The number of hydrogen-bond donors (Lipinski definition) is 0. The van der Waals surface area contributed by atoms with Gasteiger partial charge in [-0.05, 0) is 43.2 Å². The number of nitrogens with zero attached hydrogens (tertiary/aromatic N) is 2. The highest BCUT2D eigenvalue weighted by molar-refractivity contribution is 7.13. The van der Waals surface area contributed by atoms with Gasteiger partial charge >= 0.3 is 6.18 Å². The third kappa shape index (κ3) is 2.88. The molecule has 23 heavy (non-hydrogen) atoms. The summed E-state index contributed by atoms with van der Waals surface area (Å²) in [5.41, 5.74) is 2.12. The number of pyridine rings is 1. The summed E-state index contributed by atoms with van der Waals surface area (Å²) in [6.07, 6.45) is -4.44. The highest BCUT2D eigenvalue weighted by atomic mass is 32.1. The molecule has 0 aliphatic rings. The molecule has 0 spiro atoms. The van der Waals surface area contributed by atoms with E-state index in [1.807, 2.05) is 26.0 Å². The molecule has 3 rings (SSSR count). The summed E-state index contributed by atoms with van der Waals surface area (Å²) >= 11 is 0.942. The number of methoxy groups -OCH3 is 1. The Labute approximate surface area is 134 Å². The van der Waals surface area contributed by atoms with Crippen LogP contribution in [-0.2, 0) is 6.18 Å². The fraction of sp³-hybridized carbons (Fsp3) is 0.250. The van der Waals surface area contributed by atoms with Crippen molar-refractivity contribution >= 4 is 22.2 Å². The summed E-state index contributed by atoms with van der Waals surface area (Å²) in [5.74, 6) is 0.723. The highest BCUT2D eigenvalue weighted by Crippen LogP contribution is 2.35. The first kappa shape index (κ1) is 15.7. The molecule has 0 radical (unpaired) electrons. The van der Waals surface area contributed by atoms with E-state index in [9.17, 15) is 13.2 Å². The Kier molecular flexibility index (Phi) is 3.75. The predicted octanol–water partition coefficient (Wildman–Crippen LogP) is 5.00. The molecular formula is C16H13F3N2OS. The molecule has 7 heteroatoms. The topological polar surface area (TPSA) is 35.0 Å². The number of hydrogen-bond acceptors (Lipinski definition) is 4. The summed E-state index contributed by atoms with van der Waals surface area (Å²) in [5, 5.41) is 2.19. The van der Waals surface area contributed by atoms with E-state index in [-0.39, 0.29) is 5.01 Å². The van der Waals surface area contributed by atoms with E-state index in [1.54, 1.807) is 13.2 Å². The van der Waals surface area contributed by atoms with E-state index in [0.29, 0.717) is 5.69 Å². The van der Waals surface area contributed by atoms with Crippen LogP contribution in [0.3, 0.4) is 0 Å². The quantitative estimate of drug-likeness (QED) is 0.659. The van der Waals surface area contributed by atoms with Crippen LogP contribution in [0.2, 0.25) is 0 Å². The number of benzene rings is 1. The van der Waals surface area contributed by atoms with Crippen LogP contribution >= 0.6 is 11.3 Å². The maximum Gasteiger partial charge on any atom is 0.434 e. The fourth-order valence-electron chi connectivity index (χ4n) is 2.38. The molecule has 0 saturated carbocycles. The number of aromatic nitrogens is 2. The lowest BCUT2D eigenvalue weighted by molar-refractivity contribution is -0.140. The maximum atomic E-state index is 12.7. The van der Waals surface area contributed by atoms with Crippen LogP contribution in [0.25, 0.3) is 21.6 Å². The molecule has 0 aliphatic heterocycles. The smallest absolute Gasteiger partial charge is 0.434 e. The van der Waals surface area contributed by atoms with Crippen LogP contribution in [0.4, 0.5) is 13.2 Å². The molecule has 1 aromatic carbocycles. The minimum atomic E-state index is -4.44. The van der Waals surface area contributed by atoms with Crippen LogP contribution in [0, 0.1) is 13.8 Å². The van der Waals surface area contributed by atoms with Crippen molar-refractivity contribution in [3.63, 3.8) is 0 Å². The first-order valence-corrected chi connectivity index (χ1v) is 7.66. The van der Waals surface area contributed by atoms with Crippen molar-refractivity contribution in [2.45, 2.75) is 20.0 Å². The second-order valence-corrected chi connectivity index (χ2v) is 6.06. The molecule has 3 nitrogen and oxygen atoms in total. The minimum Gasteiger partial charge on any atom is -0.497 e. The number of fused-ring (bicyclic) bond motifs is 1. The lowest BCUT2D eigenvalue weighted by atomic mass is 10.0. The van der Waals surface area contributed by atoms with E-state index in [0.717, 1.165) is 44.5 Å². The van der Waals surface area contributed by atoms with Gasteiger partial charge in [0.25, 0.3) is 0 Å². The molecule has 2 aromatic heterocycles. The lowest BCUT2D eigenvalue weighted by Gasteiger charge is -2.10. The second-order valence-electron chi connectivity index (χ2n) is 5.20. The van der Waals surface area contributed by atoms with Gasteiger partial charge in [0.1, 0.15) is 10.8 Å². The van der Waals surface area contributed by atoms with Gasteiger partial charge in [-0.2, -0.15) is 13.2 Å². The van der Waals surface area contributed by atoms with Gasteiger partial charge in [-0.3, -0.25) is 0 Å². The number of halogens is 3. The Morgan fingerprint density at radius 2 is 1.78 bits per heavy atom. The Hall–Kier alpha value is -2.15. The summed E-state index contributed by atoms with van der Waals surface area (Å²) in [4.78, 5) is 8.17. The first-order chi connectivity index (χ1) is 10.8. The van der Waals surface area contributed by atoms with Crippen LogP contribution in [0.1, 0.15) is 16.8 Å². The van der Waals surface area contributed by atoms with Gasteiger partial charge in [0, 0.05) is 10.8 Å². The van der Waals surface area contributed by atoms with Crippen LogP contribution in [0.5, 0.6) is 5.75 Å². The minimum absolute atomic E-state index is 0.262. The van der Waals surface area contributed by atoms with Gasteiger partial charge in [0.2, 0.25) is 0 Å². The fourth-order valence-corrected chi connectivity index (χ4v) is 3.17. The number of thiazole rings is 1. The largest absolute Gasteiger partial charge is 0.497 e. The molecule has 0 amide bonds. The molecule has 0 saturated heterocycles. The number of ether oxygens (including phenoxy) is 1. The SMILES string of the molecule is COc1cc(C)c2nc(-c3nc(C(F)(F)F)cs3)cc(C)c2c1. The van der Waals surface area contributed by atoms with E-state index >= 15 is 0 Å². The normalized spacial score (nSPS) is 11.9. The van der Waals surface area contributed by atoms with Crippen LogP contribution in [-0.4, -0.2) is 17.1 Å². The Balaban J connectivity index is 2.16. The number of alkyl halides is 3. The van der Waals surface area contributed by atoms with Gasteiger partial charge in [0.15, 0.2) is 5.69 Å². The molecule has 0 fully saturated rings. The van der Waals surface area contributed by atoms with Crippen molar-refractivity contribution in [1.29, 1.82) is 0 Å². The molecular weight excluding hydrogens is 325 g/mol. The van der Waals surface area contributed by atoms with Crippen molar-refractivity contribution in [3.05, 3.63) is 40.4 Å². The molecule has 0 aliphatic carbocycles. The molecule has 0 N–H and O–H groups in total. The highest BCUT2D eigenvalue weighted by Gasteiger charge is 2.34. The average molecular weight is 338 g/mol. The molecule has 2 heterocycles. The van der Waals surface area contributed by atoms with Crippen molar-refractivity contribution in [1.82, 2.24) is 9.97 Å². The zero-order valence-corrected chi connectivity index (χ0v) is 13.5. The first-order valence-electron chi connectivity index (χ1n) is 6.78. The third-order valence-corrected chi connectivity index (χ3v) is 4.40. The Morgan fingerprint density at radius 1 is 1.04 bits per heavy atom. The van der Waals surface area contributed by atoms with Crippen molar-refractivity contribution < 1.29 is 17.9 Å². The summed E-state index contributed by atoms with van der Waals surface area (Å²) in [7, 11) is 1.59.